The number of aryl methyl sites for hydroxylation is 1. The molecule has 0 bridgehead atoms. The summed E-state index contributed by atoms with van der Waals surface area (Å²) in [5.74, 6) is 0.566. The second kappa shape index (κ2) is 4.98. The summed E-state index contributed by atoms with van der Waals surface area (Å²) in [4.78, 5) is 0. The van der Waals surface area contributed by atoms with Gasteiger partial charge in [0.25, 0.3) is 0 Å². The lowest BCUT2D eigenvalue weighted by Gasteiger charge is -2.06. The number of fused-ring (bicyclic) bond motifs is 1. The van der Waals surface area contributed by atoms with Crippen LogP contribution in [0.1, 0.15) is 11.1 Å². The highest BCUT2D eigenvalue weighted by atomic mass is 79.9. The molecule has 0 N–H and O–H groups in total. The van der Waals surface area contributed by atoms with Crippen LogP contribution >= 0.6 is 39.1 Å². The van der Waals surface area contributed by atoms with Gasteiger partial charge in [0.2, 0.25) is 0 Å². The summed E-state index contributed by atoms with van der Waals surface area (Å²) in [5, 5.41) is 13.7. The highest BCUT2D eigenvalue weighted by molar-refractivity contribution is 9.10. The summed E-state index contributed by atoms with van der Waals surface area (Å²) < 4.78 is 2.42. The summed E-state index contributed by atoms with van der Waals surface area (Å²) >= 11 is 15.9. The number of rotatable bonds is 1. The van der Waals surface area contributed by atoms with E-state index in [4.69, 9.17) is 23.2 Å². The van der Waals surface area contributed by atoms with Crippen LogP contribution in [0.4, 0.5) is 0 Å². The fraction of sp³-hybridized carbons (Fsp3) is 0.154. The first-order valence-electron chi connectivity index (χ1n) is 5.83. The van der Waals surface area contributed by atoms with Gasteiger partial charge in [-0.1, -0.05) is 29.3 Å². The number of hydrogen-bond donors (Lipinski definition) is 0. The average Bonchev–Trinajstić information content (AvgIpc) is 2.83. The van der Waals surface area contributed by atoms with Crippen LogP contribution in [0.25, 0.3) is 17.0 Å². The zero-order valence-electron chi connectivity index (χ0n) is 10.7. The maximum Gasteiger partial charge on any atom is 0.186 e. The zero-order chi connectivity index (χ0) is 14.4. The van der Waals surface area contributed by atoms with Gasteiger partial charge < -0.3 is 0 Å². The molecule has 1 aromatic carbocycles. The molecule has 0 saturated carbocycles. The van der Waals surface area contributed by atoms with E-state index in [-0.39, 0.29) is 0 Å². The first-order chi connectivity index (χ1) is 9.50. The van der Waals surface area contributed by atoms with Crippen LogP contribution in [0.3, 0.4) is 0 Å². The number of halogens is 3. The molecule has 0 aliphatic heterocycles. The third kappa shape index (κ3) is 2.01. The quantitative estimate of drug-likeness (QED) is 0.633. The Labute approximate surface area is 133 Å². The van der Waals surface area contributed by atoms with E-state index in [1.54, 1.807) is 4.52 Å². The minimum Gasteiger partial charge on any atom is -0.191 e. The molecule has 4 nitrogen and oxygen atoms in total. The van der Waals surface area contributed by atoms with E-state index in [1.165, 1.54) is 0 Å². The minimum absolute atomic E-state index is 0.433. The van der Waals surface area contributed by atoms with E-state index in [9.17, 15) is 0 Å². The van der Waals surface area contributed by atoms with Crippen molar-refractivity contribution >= 4 is 44.8 Å². The maximum absolute atomic E-state index is 6.31. The van der Waals surface area contributed by atoms with Gasteiger partial charge in [0.1, 0.15) is 0 Å². The van der Waals surface area contributed by atoms with E-state index in [0.29, 0.717) is 21.6 Å². The Morgan fingerprint density at radius 3 is 2.60 bits per heavy atom. The SMILES string of the molecule is Cc1c(Cl)nn2c(-c3cccc(Br)c3Cl)nnc2c1C. The second-order valence-corrected chi connectivity index (χ2v) is 5.99. The predicted molar refractivity (Wildman–Crippen MR) is 83.4 cm³/mol. The summed E-state index contributed by atoms with van der Waals surface area (Å²) in [6.45, 7) is 3.85. The molecule has 0 fully saturated rings. The van der Waals surface area contributed by atoms with Crippen molar-refractivity contribution in [1.82, 2.24) is 19.8 Å². The molecule has 7 heteroatoms. The molecule has 3 rings (SSSR count). The van der Waals surface area contributed by atoms with Crippen LogP contribution in [0, 0.1) is 13.8 Å². The fourth-order valence-electron chi connectivity index (χ4n) is 1.94. The van der Waals surface area contributed by atoms with Crippen molar-refractivity contribution in [2.75, 3.05) is 0 Å². The molecule has 0 spiro atoms. The van der Waals surface area contributed by atoms with E-state index >= 15 is 0 Å². The maximum atomic E-state index is 6.31. The Kier molecular flexibility index (Phi) is 3.44. The first kappa shape index (κ1) is 13.8. The summed E-state index contributed by atoms with van der Waals surface area (Å²) in [6, 6.07) is 5.62. The number of aromatic nitrogens is 4. The monoisotopic (exact) mass is 370 g/mol. The molecule has 102 valence electrons. The number of hydrogen-bond acceptors (Lipinski definition) is 3. The highest BCUT2D eigenvalue weighted by Crippen LogP contribution is 2.33. The lowest BCUT2D eigenvalue weighted by Crippen LogP contribution is -2.00. The van der Waals surface area contributed by atoms with E-state index < -0.39 is 0 Å². The molecular formula is C13H9BrCl2N4. The smallest absolute Gasteiger partial charge is 0.186 e. The van der Waals surface area contributed by atoms with Crippen LogP contribution in [0.2, 0.25) is 10.2 Å². The third-order valence-corrected chi connectivity index (χ3v) is 4.88. The number of nitrogens with zero attached hydrogens (tertiary/aromatic N) is 4. The zero-order valence-corrected chi connectivity index (χ0v) is 13.8. The van der Waals surface area contributed by atoms with Crippen LogP contribution in [-0.2, 0) is 0 Å². The third-order valence-electron chi connectivity index (χ3n) is 3.23. The van der Waals surface area contributed by atoms with Gasteiger partial charge in [-0.05, 0) is 47.5 Å². The normalized spacial score (nSPS) is 11.2. The van der Waals surface area contributed by atoms with Gasteiger partial charge in [0.15, 0.2) is 16.6 Å². The highest BCUT2D eigenvalue weighted by Gasteiger charge is 2.17. The van der Waals surface area contributed by atoms with Crippen molar-refractivity contribution < 1.29 is 0 Å². The van der Waals surface area contributed by atoms with Gasteiger partial charge in [-0.3, -0.25) is 0 Å². The lowest BCUT2D eigenvalue weighted by atomic mass is 10.2. The van der Waals surface area contributed by atoms with Crippen molar-refractivity contribution in [3.05, 3.63) is 44.0 Å². The lowest BCUT2D eigenvalue weighted by molar-refractivity contribution is 0.919. The van der Waals surface area contributed by atoms with Crippen molar-refractivity contribution in [3.8, 4) is 11.4 Å². The molecule has 2 heterocycles. The molecule has 0 radical (unpaired) electrons. The molecule has 0 aliphatic rings. The molecule has 2 aromatic heterocycles. The Bertz CT molecular complexity index is 829. The van der Waals surface area contributed by atoms with Crippen molar-refractivity contribution in [1.29, 1.82) is 0 Å². The Morgan fingerprint density at radius 1 is 1.10 bits per heavy atom. The summed E-state index contributed by atoms with van der Waals surface area (Å²) in [5.41, 5.74) is 3.28. The van der Waals surface area contributed by atoms with E-state index in [0.717, 1.165) is 21.2 Å². The molecule has 0 unspecified atom stereocenters. The fourth-order valence-corrected chi connectivity index (χ4v) is 2.73. The van der Waals surface area contributed by atoms with Crippen molar-refractivity contribution in [3.63, 3.8) is 0 Å². The summed E-state index contributed by atoms with van der Waals surface area (Å²) in [7, 11) is 0. The first-order valence-corrected chi connectivity index (χ1v) is 7.38. The molecule has 0 amide bonds. The van der Waals surface area contributed by atoms with Crippen molar-refractivity contribution in [2.45, 2.75) is 13.8 Å². The summed E-state index contributed by atoms with van der Waals surface area (Å²) in [6.07, 6.45) is 0. The molecule has 0 atom stereocenters. The largest absolute Gasteiger partial charge is 0.191 e. The minimum atomic E-state index is 0.433. The second-order valence-electron chi connectivity index (χ2n) is 4.40. The molecule has 0 aliphatic carbocycles. The van der Waals surface area contributed by atoms with Gasteiger partial charge in [0, 0.05) is 15.6 Å². The Hall–Kier alpha value is -1.17. The van der Waals surface area contributed by atoms with Gasteiger partial charge in [-0.15, -0.1) is 10.2 Å². The predicted octanol–water partition coefficient (Wildman–Crippen LogP) is 4.48. The van der Waals surface area contributed by atoms with Crippen LogP contribution in [-0.4, -0.2) is 19.8 Å². The van der Waals surface area contributed by atoms with Crippen LogP contribution in [0.15, 0.2) is 22.7 Å². The van der Waals surface area contributed by atoms with E-state index in [2.05, 4.69) is 31.2 Å². The number of benzene rings is 1. The molecule has 3 aromatic rings. The topological polar surface area (TPSA) is 43.1 Å². The van der Waals surface area contributed by atoms with Gasteiger partial charge in [0.05, 0.1) is 5.02 Å². The Morgan fingerprint density at radius 2 is 1.85 bits per heavy atom. The average molecular weight is 372 g/mol. The van der Waals surface area contributed by atoms with Crippen LogP contribution < -0.4 is 0 Å². The van der Waals surface area contributed by atoms with Gasteiger partial charge in [-0.2, -0.15) is 9.61 Å². The van der Waals surface area contributed by atoms with Crippen LogP contribution in [0.5, 0.6) is 0 Å². The van der Waals surface area contributed by atoms with Gasteiger partial charge in [-0.25, -0.2) is 0 Å². The molecular weight excluding hydrogens is 363 g/mol. The standard InChI is InChI=1S/C13H9BrCl2N4/c1-6-7(2)12-17-18-13(20(12)19-11(6)16)8-4-3-5-9(14)10(8)15/h3-5H,1-2H3. The van der Waals surface area contributed by atoms with E-state index in [1.807, 2.05) is 32.0 Å². The molecule has 0 saturated heterocycles. The van der Waals surface area contributed by atoms with Crippen molar-refractivity contribution in [2.24, 2.45) is 0 Å². The molecule has 20 heavy (non-hydrogen) atoms. The van der Waals surface area contributed by atoms with Gasteiger partial charge >= 0.3 is 0 Å². The Balaban J connectivity index is 2.36.